The summed E-state index contributed by atoms with van der Waals surface area (Å²) in [7, 11) is 0. The molecule has 0 radical (unpaired) electrons. The Morgan fingerprint density at radius 2 is 1.97 bits per heavy atom. The van der Waals surface area contributed by atoms with Crippen molar-refractivity contribution in [2.24, 2.45) is 0 Å². The van der Waals surface area contributed by atoms with Crippen LogP contribution in [0, 0.1) is 6.57 Å². The normalized spacial score (nSPS) is 11.1. The van der Waals surface area contributed by atoms with Crippen molar-refractivity contribution >= 4 is 33.4 Å². The van der Waals surface area contributed by atoms with Crippen LogP contribution in [0.1, 0.15) is 25.3 Å². The molecule has 32 heavy (non-hydrogen) atoms. The second kappa shape index (κ2) is 8.08. The van der Waals surface area contributed by atoms with Crippen molar-refractivity contribution in [3.05, 3.63) is 72.0 Å². The first-order valence-electron chi connectivity index (χ1n) is 10.5. The van der Waals surface area contributed by atoms with E-state index < -0.39 is 0 Å². The third kappa shape index (κ3) is 3.52. The molecule has 0 atom stereocenters. The molecule has 0 aliphatic carbocycles. The fourth-order valence-corrected chi connectivity index (χ4v) is 3.88. The number of aryl methyl sites for hydroxylation is 1. The summed E-state index contributed by atoms with van der Waals surface area (Å²) in [5.41, 5.74) is 6.69. The molecule has 0 spiro atoms. The van der Waals surface area contributed by atoms with E-state index in [-0.39, 0.29) is 5.78 Å². The SMILES string of the molecule is [C-]#[N+]c1cccc2[nH]c(-c3[nH]nc4ncc(-c5cncc(CCC(=O)CC)c5)cc34)cc12. The van der Waals surface area contributed by atoms with Gasteiger partial charge in [-0.2, -0.15) is 5.10 Å². The van der Waals surface area contributed by atoms with Crippen LogP contribution < -0.4 is 0 Å². The zero-order valence-corrected chi connectivity index (χ0v) is 17.5. The molecule has 0 unspecified atom stereocenters. The van der Waals surface area contributed by atoms with E-state index >= 15 is 0 Å². The predicted octanol–water partition coefficient (Wildman–Crippen LogP) is 5.63. The number of carbonyl (C=O) groups excluding carboxylic acids is 1. The monoisotopic (exact) mass is 420 g/mol. The van der Waals surface area contributed by atoms with Crippen LogP contribution in [-0.4, -0.2) is 30.9 Å². The van der Waals surface area contributed by atoms with Gasteiger partial charge in [-0.1, -0.05) is 19.1 Å². The molecule has 0 aliphatic rings. The first-order chi connectivity index (χ1) is 15.7. The van der Waals surface area contributed by atoms with Crippen molar-refractivity contribution in [3.63, 3.8) is 0 Å². The number of nitrogens with zero attached hydrogens (tertiary/aromatic N) is 4. The molecule has 4 heterocycles. The van der Waals surface area contributed by atoms with E-state index in [4.69, 9.17) is 6.57 Å². The zero-order chi connectivity index (χ0) is 22.1. The molecule has 0 amide bonds. The van der Waals surface area contributed by atoms with Crippen molar-refractivity contribution in [2.45, 2.75) is 26.2 Å². The number of ketones is 1. The molecule has 5 rings (SSSR count). The quantitative estimate of drug-likeness (QED) is 0.348. The third-order valence-electron chi connectivity index (χ3n) is 5.66. The maximum absolute atomic E-state index is 11.7. The van der Waals surface area contributed by atoms with Crippen LogP contribution in [0.3, 0.4) is 0 Å². The molecular formula is C25H20N6O. The summed E-state index contributed by atoms with van der Waals surface area (Å²) in [6.07, 6.45) is 7.16. The van der Waals surface area contributed by atoms with Gasteiger partial charge in [0, 0.05) is 58.8 Å². The maximum Gasteiger partial charge on any atom is 0.196 e. The average molecular weight is 420 g/mol. The Hall–Kier alpha value is -4.31. The third-order valence-corrected chi connectivity index (χ3v) is 5.66. The number of aromatic amines is 2. The maximum atomic E-state index is 11.7. The lowest BCUT2D eigenvalue weighted by Crippen LogP contribution is -1.98. The lowest BCUT2D eigenvalue weighted by atomic mass is 10.0. The molecule has 1 aromatic carbocycles. The minimum Gasteiger partial charge on any atom is -0.354 e. The second-order valence-corrected chi connectivity index (χ2v) is 7.70. The van der Waals surface area contributed by atoms with Gasteiger partial charge in [-0.25, -0.2) is 9.83 Å². The predicted molar refractivity (Wildman–Crippen MR) is 124 cm³/mol. The lowest BCUT2D eigenvalue weighted by molar-refractivity contribution is -0.118. The molecule has 0 fully saturated rings. The van der Waals surface area contributed by atoms with Crippen LogP contribution >= 0.6 is 0 Å². The van der Waals surface area contributed by atoms with Gasteiger partial charge in [-0.3, -0.25) is 14.9 Å². The summed E-state index contributed by atoms with van der Waals surface area (Å²) >= 11 is 0. The first-order valence-corrected chi connectivity index (χ1v) is 10.5. The molecule has 156 valence electrons. The number of Topliss-reactive ketones (excluding diaryl/α,β-unsaturated/α-hetero) is 1. The summed E-state index contributed by atoms with van der Waals surface area (Å²) in [6, 6.07) is 11.7. The van der Waals surface area contributed by atoms with Crippen LogP contribution in [0.15, 0.2) is 55.0 Å². The van der Waals surface area contributed by atoms with Crippen molar-refractivity contribution in [1.82, 2.24) is 25.1 Å². The number of hydrogen-bond donors (Lipinski definition) is 2. The highest BCUT2D eigenvalue weighted by Crippen LogP contribution is 2.33. The fourth-order valence-electron chi connectivity index (χ4n) is 3.88. The van der Waals surface area contributed by atoms with Gasteiger partial charge >= 0.3 is 0 Å². The van der Waals surface area contributed by atoms with Crippen molar-refractivity contribution in [3.8, 4) is 22.5 Å². The van der Waals surface area contributed by atoms with Gasteiger partial charge < -0.3 is 4.98 Å². The molecular weight excluding hydrogens is 400 g/mol. The number of rotatable bonds is 6. The average Bonchev–Trinajstić information content (AvgIpc) is 3.46. The highest BCUT2D eigenvalue weighted by molar-refractivity contribution is 6.00. The summed E-state index contributed by atoms with van der Waals surface area (Å²) in [4.78, 5) is 27.6. The standard InChI is InChI=1S/C25H20N6O/c1-3-18(32)8-7-15-9-16(13-27-12-15)17-10-20-24(30-31-25(20)28-14-17)23-11-19-21(26-2)5-4-6-22(19)29-23/h4-6,9-14,29H,3,7-8H2,1H3,(H,28,30,31). The summed E-state index contributed by atoms with van der Waals surface area (Å²) in [5.74, 6) is 0.251. The minimum atomic E-state index is 0.251. The van der Waals surface area contributed by atoms with Gasteiger partial charge in [0.05, 0.1) is 18.0 Å². The molecule has 5 aromatic rings. The van der Waals surface area contributed by atoms with E-state index in [1.807, 2.05) is 37.3 Å². The summed E-state index contributed by atoms with van der Waals surface area (Å²) in [5, 5.41) is 9.19. The Morgan fingerprint density at radius 3 is 2.81 bits per heavy atom. The molecule has 0 aliphatic heterocycles. The smallest absolute Gasteiger partial charge is 0.196 e. The van der Waals surface area contributed by atoms with Crippen molar-refractivity contribution in [1.29, 1.82) is 0 Å². The Labute approximate surface area is 184 Å². The highest BCUT2D eigenvalue weighted by atomic mass is 16.1. The molecule has 0 saturated carbocycles. The number of nitrogens with one attached hydrogen (secondary N) is 2. The van der Waals surface area contributed by atoms with Gasteiger partial charge in [-0.05, 0) is 36.2 Å². The molecule has 0 saturated heterocycles. The summed E-state index contributed by atoms with van der Waals surface area (Å²) < 4.78 is 0. The Balaban J connectivity index is 1.54. The number of aromatic nitrogens is 5. The number of H-pyrrole nitrogens is 2. The van der Waals surface area contributed by atoms with Gasteiger partial charge in [0.15, 0.2) is 11.3 Å². The van der Waals surface area contributed by atoms with Gasteiger partial charge in [-0.15, -0.1) is 0 Å². The lowest BCUT2D eigenvalue weighted by Gasteiger charge is -2.05. The van der Waals surface area contributed by atoms with Crippen LogP contribution in [0.2, 0.25) is 0 Å². The van der Waals surface area contributed by atoms with Gasteiger partial charge in [0.1, 0.15) is 5.78 Å². The van der Waals surface area contributed by atoms with Crippen LogP contribution in [0.5, 0.6) is 0 Å². The van der Waals surface area contributed by atoms with Crippen LogP contribution in [-0.2, 0) is 11.2 Å². The van der Waals surface area contributed by atoms with Crippen LogP contribution in [0.25, 0.3) is 49.3 Å². The van der Waals surface area contributed by atoms with E-state index in [2.05, 4.69) is 36.1 Å². The fraction of sp³-hybridized carbons (Fsp3) is 0.160. The molecule has 0 bridgehead atoms. The molecule has 7 heteroatoms. The Morgan fingerprint density at radius 1 is 1.09 bits per heavy atom. The molecule has 7 nitrogen and oxygen atoms in total. The number of benzene rings is 1. The number of pyridine rings is 2. The van der Waals surface area contributed by atoms with E-state index in [0.29, 0.717) is 30.6 Å². The van der Waals surface area contributed by atoms with E-state index in [0.717, 1.165) is 44.4 Å². The van der Waals surface area contributed by atoms with Crippen molar-refractivity contribution < 1.29 is 4.79 Å². The Kier molecular flexibility index (Phi) is 4.96. The summed E-state index contributed by atoms with van der Waals surface area (Å²) in [6.45, 7) is 9.29. The van der Waals surface area contributed by atoms with Crippen molar-refractivity contribution in [2.75, 3.05) is 0 Å². The number of fused-ring (bicyclic) bond motifs is 2. The van der Waals surface area contributed by atoms with E-state index in [1.54, 1.807) is 18.6 Å². The second-order valence-electron chi connectivity index (χ2n) is 7.70. The number of carbonyl (C=O) groups is 1. The minimum absolute atomic E-state index is 0.251. The largest absolute Gasteiger partial charge is 0.354 e. The first kappa shape index (κ1) is 19.6. The van der Waals surface area contributed by atoms with E-state index in [1.165, 1.54) is 0 Å². The topological polar surface area (TPSA) is 91.7 Å². The van der Waals surface area contributed by atoms with Gasteiger partial charge in [0.25, 0.3) is 0 Å². The molecule has 4 aromatic heterocycles. The molecule has 2 N–H and O–H groups in total. The van der Waals surface area contributed by atoms with Crippen LogP contribution in [0.4, 0.5) is 5.69 Å². The van der Waals surface area contributed by atoms with E-state index in [9.17, 15) is 4.79 Å². The highest BCUT2D eigenvalue weighted by Gasteiger charge is 2.14. The van der Waals surface area contributed by atoms with Gasteiger partial charge in [0.2, 0.25) is 0 Å². The number of hydrogen-bond acceptors (Lipinski definition) is 4. The Bertz CT molecular complexity index is 1500. The zero-order valence-electron chi connectivity index (χ0n) is 17.5.